The number of carbonyl (C=O) groups excluding carboxylic acids is 2. The van der Waals surface area contributed by atoms with E-state index in [9.17, 15) is 0 Å². The van der Waals surface area contributed by atoms with Crippen LogP contribution in [0.25, 0.3) is 0 Å². The van der Waals surface area contributed by atoms with Crippen LogP contribution in [0.15, 0.2) is 12.7 Å². The van der Waals surface area contributed by atoms with Crippen molar-refractivity contribution in [3.05, 3.63) is 12.7 Å². The summed E-state index contributed by atoms with van der Waals surface area (Å²) in [6.45, 7) is 5.25. The number of allylic oxidation sites excluding steroid dienone is 1. The van der Waals surface area contributed by atoms with E-state index in [4.69, 9.17) is 9.59 Å². The molecule has 0 rings (SSSR count). The summed E-state index contributed by atoms with van der Waals surface area (Å²) in [5.74, 6) is 0. The van der Waals surface area contributed by atoms with Crippen LogP contribution in [0.5, 0.6) is 0 Å². The molecule has 0 aliphatic carbocycles. The van der Waals surface area contributed by atoms with Gasteiger partial charge in [-0.2, -0.15) is 0 Å². The number of nitrogens with two attached hydrogens (primary N) is 2. The SMILES string of the molecule is C=CC.NC(=O)S.NC(=O)S.[Ni]. The Bertz CT molecular complexity index is 113. The predicted molar refractivity (Wildman–Crippen MR) is 53.0 cm³/mol. The second kappa shape index (κ2) is 22.4. The minimum Gasteiger partial charge on any atom is -0.361 e. The quantitative estimate of drug-likeness (QED) is 0.297. The van der Waals surface area contributed by atoms with Gasteiger partial charge in [-0.05, 0) is 6.92 Å². The fourth-order valence-electron chi connectivity index (χ4n) is 0. The fraction of sp³-hybridized carbons (Fsp3) is 0.200. The summed E-state index contributed by atoms with van der Waals surface area (Å²) in [7, 11) is 0. The Morgan fingerprint density at radius 3 is 1.25 bits per heavy atom. The van der Waals surface area contributed by atoms with E-state index in [1.165, 1.54) is 0 Å². The van der Waals surface area contributed by atoms with E-state index in [1.807, 2.05) is 6.92 Å². The van der Waals surface area contributed by atoms with E-state index < -0.39 is 10.5 Å². The molecule has 0 saturated heterocycles. The second-order valence-electron chi connectivity index (χ2n) is 1.08. The van der Waals surface area contributed by atoms with Gasteiger partial charge >= 0.3 is 0 Å². The molecule has 0 bridgehead atoms. The molecular formula is C5H12N2NiO2S2. The van der Waals surface area contributed by atoms with Gasteiger partial charge in [0.25, 0.3) is 10.5 Å². The van der Waals surface area contributed by atoms with Gasteiger partial charge in [-0.15, -0.1) is 6.58 Å². The van der Waals surface area contributed by atoms with Crippen molar-refractivity contribution in [3.8, 4) is 0 Å². The Morgan fingerprint density at radius 1 is 1.25 bits per heavy atom. The zero-order valence-electron chi connectivity index (χ0n) is 6.47. The Balaban J connectivity index is -0.0000000389. The largest absolute Gasteiger partial charge is 0.361 e. The molecule has 2 amide bonds. The standard InChI is InChI=1S/C3H6.2CH3NOS.Ni/c1-3-2;2*2-1(3)4;/h3H,1H2,2H3;2*(H3,2,3,4);. The van der Waals surface area contributed by atoms with Crippen molar-refractivity contribution in [2.24, 2.45) is 11.5 Å². The monoisotopic (exact) mass is 254 g/mol. The molecule has 0 aromatic carbocycles. The number of carbonyl (C=O) groups is 2. The number of hydrogen-bond donors (Lipinski definition) is 4. The van der Waals surface area contributed by atoms with Crippen LogP contribution >= 0.6 is 25.3 Å². The van der Waals surface area contributed by atoms with Gasteiger partial charge in [-0.3, -0.25) is 9.59 Å². The Kier molecular flexibility index (Phi) is 42.3. The van der Waals surface area contributed by atoms with E-state index in [0.29, 0.717) is 0 Å². The van der Waals surface area contributed by atoms with Crippen LogP contribution in [0.3, 0.4) is 0 Å². The molecule has 0 unspecified atom stereocenters. The summed E-state index contributed by atoms with van der Waals surface area (Å²) < 4.78 is 0. The van der Waals surface area contributed by atoms with E-state index in [1.54, 1.807) is 6.08 Å². The first-order valence-electron chi connectivity index (χ1n) is 2.42. The fourth-order valence-corrected chi connectivity index (χ4v) is 0. The normalized spacial score (nSPS) is 5.25. The molecule has 0 fully saturated rings. The maximum atomic E-state index is 9.09. The van der Waals surface area contributed by atoms with Crippen LogP contribution in [0.1, 0.15) is 6.92 Å². The average Bonchev–Trinajstić information content (AvgIpc) is 1.60. The molecular weight excluding hydrogens is 243 g/mol. The summed E-state index contributed by atoms with van der Waals surface area (Å²) in [5.41, 5.74) is 8.67. The van der Waals surface area contributed by atoms with Crippen LogP contribution in [0.2, 0.25) is 0 Å². The van der Waals surface area contributed by atoms with Crippen molar-refractivity contribution in [1.29, 1.82) is 0 Å². The molecule has 0 aromatic heterocycles. The summed E-state index contributed by atoms with van der Waals surface area (Å²) in [4.78, 5) is 18.2. The number of primary amides is 2. The smallest absolute Gasteiger partial charge is 0.273 e. The minimum absolute atomic E-state index is 0. The van der Waals surface area contributed by atoms with E-state index in [0.717, 1.165) is 0 Å². The van der Waals surface area contributed by atoms with Crippen molar-refractivity contribution in [1.82, 2.24) is 0 Å². The summed E-state index contributed by atoms with van der Waals surface area (Å²) >= 11 is 6.21. The zero-order chi connectivity index (χ0) is 9.86. The van der Waals surface area contributed by atoms with Crippen LogP contribution < -0.4 is 11.5 Å². The Morgan fingerprint density at radius 2 is 1.25 bits per heavy atom. The molecule has 7 heteroatoms. The molecule has 0 spiro atoms. The van der Waals surface area contributed by atoms with Crippen molar-refractivity contribution in [2.75, 3.05) is 0 Å². The van der Waals surface area contributed by atoms with E-state index in [2.05, 4.69) is 43.3 Å². The van der Waals surface area contributed by atoms with Gasteiger partial charge in [0.15, 0.2) is 0 Å². The molecule has 0 heterocycles. The minimum atomic E-state index is -0.639. The molecule has 0 saturated carbocycles. The Labute approximate surface area is 92.9 Å². The molecule has 76 valence electrons. The molecule has 12 heavy (non-hydrogen) atoms. The molecule has 4 nitrogen and oxygen atoms in total. The molecule has 0 aromatic rings. The third-order valence-electron chi connectivity index (χ3n) is 0. The van der Waals surface area contributed by atoms with E-state index >= 15 is 0 Å². The van der Waals surface area contributed by atoms with Gasteiger partial charge in [0.05, 0.1) is 0 Å². The van der Waals surface area contributed by atoms with Gasteiger partial charge in [0.2, 0.25) is 0 Å². The van der Waals surface area contributed by atoms with Gasteiger partial charge in [-0.25, -0.2) is 0 Å². The van der Waals surface area contributed by atoms with Crippen molar-refractivity contribution in [3.63, 3.8) is 0 Å². The summed E-state index contributed by atoms with van der Waals surface area (Å²) in [6.07, 6.45) is 1.75. The summed E-state index contributed by atoms with van der Waals surface area (Å²) in [5, 5.41) is -1.28. The molecule has 0 aliphatic heterocycles. The molecule has 4 N–H and O–H groups in total. The van der Waals surface area contributed by atoms with Crippen molar-refractivity contribution in [2.45, 2.75) is 6.92 Å². The van der Waals surface area contributed by atoms with Gasteiger partial charge in [0.1, 0.15) is 0 Å². The van der Waals surface area contributed by atoms with Crippen LogP contribution in [-0.4, -0.2) is 10.5 Å². The summed E-state index contributed by atoms with van der Waals surface area (Å²) in [6, 6.07) is 0. The average molecular weight is 255 g/mol. The first-order chi connectivity index (χ1) is 4.88. The van der Waals surface area contributed by atoms with Crippen molar-refractivity contribution < 1.29 is 26.1 Å². The van der Waals surface area contributed by atoms with E-state index in [-0.39, 0.29) is 16.5 Å². The zero-order valence-corrected chi connectivity index (χ0v) is 9.24. The van der Waals surface area contributed by atoms with Crippen LogP contribution in [-0.2, 0) is 16.5 Å². The molecule has 0 atom stereocenters. The first kappa shape index (κ1) is 22.6. The maximum Gasteiger partial charge on any atom is 0.273 e. The van der Waals surface area contributed by atoms with Gasteiger partial charge < -0.3 is 11.5 Å². The van der Waals surface area contributed by atoms with Crippen LogP contribution in [0.4, 0.5) is 9.59 Å². The number of hydrogen-bond acceptors (Lipinski definition) is 2. The van der Waals surface area contributed by atoms with Crippen molar-refractivity contribution >= 4 is 35.7 Å². The van der Waals surface area contributed by atoms with Gasteiger partial charge in [0, 0.05) is 16.5 Å². The predicted octanol–water partition coefficient (Wildman–Crippen LogP) is 1.18. The number of rotatable bonds is 0. The third-order valence-corrected chi connectivity index (χ3v) is 0. The number of thiol groups is 2. The third kappa shape index (κ3) is 48600. The van der Waals surface area contributed by atoms with Crippen LogP contribution in [0, 0.1) is 0 Å². The maximum absolute atomic E-state index is 9.09. The number of amides is 2. The Hall–Kier alpha value is -0.126. The second-order valence-corrected chi connectivity index (χ2v) is 1.97. The molecule has 0 aliphatic rings. The topological polar surface area (TPSA) is 86.2 Å². The van der Waals surface area contributed by atoms with Gasteiger partial charge in [-0.1, -0.05) is 31.3 Å². The molecule has 0 radical (unpaired) electrons. The first-order valence-corrected chi connectivity index (χ1v) is 3.31.